The highest BCUT2D eigenvalue weighted by molar-refractivity contribution is 14.1. The number of amides is 1. The largest absolute Gasteiger partial charge is 0.353 e. The van der Waals surface area contributed by atoms with Crippen molar-refractivity contribution in [2.75, 3.05) is 68.7 Å². The Morgan fingerprint density at radius 1 is 0.828 bits per heavy atom. The van der Waals surface area contributed by atoms with Gasteiger partial charge in [-0.25, -0.2) is 0 Å². The zero-order chi connectivity index (χ0) is 20.2. The molecule has 0 saturated carbocycles. The van der Waals surface area contributed by atoms with Crippen LogP contribution in [0.15, 0.2) is 36.4 Å². The van der Waals surface area contributed by atoms with Crippen molar-refractivity contribution < 1.29 is 4.79 Å². The standard InChI is InChI=1S/C21H27IN6O/c1-2-25-9-11-26(12-10-25)19-7-8-20(24-23-19)27-13-15-28(16-14-27)21(29)17-3-5-18(22)6-4-17/h3-8H,2,9-16H2,1H3. The Morgan fingerprint density at radius 3 is 1.83 bits per heavy atom. The van der Waals surface area contributed by atoms with Gasteiger partial charge in [0, 0.05) is 61.5 Å². The molecule has 0 radical (unpaired) electrons. The lowest BCUT2D eigenvalue weighted by atomic mass is 10.2. The Bertz CT molecular complexity index is 812. The van der Waals surface area contributed by atoms with E-state index in [0.29, 0.717) is 13.1 Å². The number of likely N-dealkylation sites (N-methyl/N-ethyl adjacent to an activating group) is 1. The molecule has 2 fully saturated rings. The van der Waals surface area contributed by atoms with Crippen LogP contribution in [0.4, 0.5) is 11.6 Å². The Hall–Kier alpha value is -1.94. The molecule has 0 atom stereocenters. The van der Waals surface area contributed by atoms with Crippen LogP contribution in [0, 0.1) is 3.57 Å². The first-order valence-electron chi connectivity index (χ1n) is 10.2. The van der Waals surface area contributed by atoms with Gasteiger partial charge in [0.25, 0.3) is 5.91 Å². The Kier molecular flexibility index (Phi) is 6.49. The summed E-state index contributed by atoms with van der Waals surface area (Å²) in [6.07, 6.45) is 0. The number of aromatic nitrogens is 2. The van der Waals surface area contributed by atoms with Crippen LogP contribution in [0.25, 0.3) is 0 Å². The number of halogens is 1. The first kappa shape index (κ1) is 20.3. The molecule has 0 spiro atoms. The molecule has 7 nitrogen and oxygen atoms in total. The van der Waals surface area contributed by atoms with E-state index in [1.54, 1.807) is 0 Å². The molecule has 154 valence electrons. The number of hydrogen-bond acceptors (Lipinski definition) is 6. The smallest absolute Gasteiger partial charge is 0.253 e. The Balaban J connectivity index is 1.32. The second kappa shape index (κ2) is 9.25. The molecule has 3 heterocycles. The van der Waals surface area contributed by atoms with E-state index in [4.69, 9.17) is 0 Å². The zero-order valence-corrected chi connectivity index (χ0v) is 19.0. The lowest BCUT2D eigenvalue weighted by Gasteiger charge is -2.36. The van der Waals surface area contributed by atoms with Gasteiger partial charge in [-0.2, -0.15) is 0 Å². The second-order valence-corrected chi connectivity index (χ2v) is 8.70. The molecule has 2 aliphatic rings. The quantitative estimate of drug-likeness (QED) is 0.593. The molecular formula is C21H27IN6O. The third kappa shape index (κ3) is 4.80. The first-order valence-corrected chi connectivity index (χ1v) is 11.3. The van der Waals surface area contributed by atoms with Crippen molar-refractivity contribution in [3.8, 4) is 0 Å². The number of rotatable bonds is 4. The molecule has 29 heavy (non-hydrogen) atoms. The molecule has 0 bridgehead atoms. The van der Waals surface area contributed by atoms with E-state index in [2.05, 4.69) is 66.5 Å². The summed E-state index contributed by atoms with van der Waals surface area (Å²) in [5, 5.41) is 8.94. The Labute approximate surface area is 185 Å². The lowest BCUT2D eigenvalue weighted by molar-refractivity contribution is 0.0746. The van der Waals surface area contributed by atoms with E-state index in [9.17, 15) is 4.79 Å². The fourth-order valence-corrected chi connectivity index (χ4v) is 4.22. The molecule has 4 rings (SSSR count). The molecule has 2 saturated heterocycles. The number of anilines is 2. The number of benzene rings is 1. The van der Waals surface area contributed by atoms with Gasteiger partial charge in [-0.05, 0) is 65.5 Å². The number of piperazine rings is 2. The van der Waals surface area contributed by atoms with Crippen LogP contribution in [0.3, 0.4) is 0 Å². The number of carbonyl (C=O) groups is 1. The molecular weight excluding hydrogens is 479 g/mol. The van der Waals surface area contributed by atoms with Gasteiger partial charge in [-0.15, -0.1) is 10.2 Å². The summed E-state index contributed by atoms with van der Waals surface area (Å²) >= 11 is 2.25. The molecule has 1 amide bonds. The summed E-state index contributed by atoms with van der Waals surface area (Å²) in [5.41, 5.74) is 0.756. The van der Waals surface area contributed by atoms with E-state index in [1.807, 2.05) is 29.2 Å². The Morgan fingerprint density at radius 2 is 1.34 bits per heavy atom. The molecule has 0 aliphatic carbocycles. The van der Waals surface area contributed by atoms with Crippen LogP contribution in [-0.2, 0) is 0 Å². The fourth-order valence-electron chi connectivity index (χ4n) is 3.86. The maximum atomic E-state index is 12.7. The molecule has 1 aromatic carbocycles. The summed E-state index contributed by atoms with van der Waals surface area (Å²) in [6.45, 7) is 10.4. The van der Waals surface area contributed by atoms with Crippen LogP contribution in [0.2, 0.25) is 0 Å². The molecule has 0 unspecified atom stereocenters. The minimum atomic E-state index is 0.105. The number of carbonyl (C=O) groups excluding carboxylic acids is 1. The van der Waals surface area contributed by atoms with Crippen molar-refractivity contribution in [1.29, 1.82) is 0 Å². The monoisotopic (exact) mass is 506 g/mol. The van der Waals surface area contributed by atoms with Gasteiger partial charge in [0.1, 0.15) is 0 Å². The fraction of sp³-hybridized carbons (Fsp3) is 0.476. The van der Waals surface area contributed by atoms with Crippen molar-refractivity contribution in [3.05, 3.63) is 45.5 Å². The SMILES string of the molecule is CCN1CCN(c2ccc(N3CCN(C(=O)c4ccc(I)cc4)CC3)nn2)CC1. The van der Waals surface area contributed by atoms with E-state index < -0.39 is 0 Å². The van der Waals surface area contributed by atoms with Crippen molar-refractivity contribution in [1.82, 2.24) is 20.0 Å². The van der Waals surface area contributed by atoms with E-state index in [-0.39, 0.29) is 5.91 Å². The number of hydrogen-bond donors (Lipinski definition) is 0. The van der Waals surface area contributed by atoms with Gasteiger partial charge < -0.3 is 19.6 Å². The van der Waals surface area contributed by atoms with Gasteiger partial charge in [0.05, 0.1) is 0 Å². The molecule has 2 aliphatic heterocycles. The van der Waals surface area contributed by atoms with E-state index in [1.165, 1.54) is 0 Å². The van der Waals surface area contributed by atoms with Crippen molar-refractivity contribution in [2.24, 2.45) is 0 Å². The first-order chi connectivity index (χ1) is 14.1. The van der Waals surface area contributed by atoms with Crippen molar-refractivity contribution >= 4 is 40.1 Å². The maximum Gasteiger partial charge on any atom is 0.253 e. The highest BCUT2D eigenvalue weighted by Crippen LogP contribution is 2.19. The summed E-state index contributed by atoms with van der Waals surface area (Å²) in [4.78, 5) is 21.6. The average molecular weight is 506 g/mol. The van der Waals surface area contributed by atoms with Gasteiger partial charge in [-0.3, -0.25) is 4.79 Å². The maximum absolute atomic E-state index is 12.7. The predicted octanol–water partition coefficient (Wildman–Crippen LogP) is 2.19. The van der Waals surface area contributed by atoms with E-state index in [0.717, 1.165) is 66.6 Å². The summed E-state index contributed by atoms with van der Waals surface area (Å²) in [6, 6.07) is 11.9. The van der Waals surface area contributed by atoms with Crippen LogP contribution < -0.4 is 9.80 Å². The van der Waals surface area contributed by atoms with Crippen molar-refractivity contribution in [3.63, 3.8) is 0 Å². The zero-order valence-electron chi connectivity index (χ0n) is 16.8. The minimum Gasteiger partial charge on any atom is -0.353 e. The molecule has 0 N–H and O–H groups in total. The predicted molar refractivity (Wildman–Crippen MR) is 124 cm³/mol. The third-order valence-corrected chi connectivity index (χ3v) is 6.48. The van der Waals surface area contributed by atoms with Gasteiger partial charge >= 0.3 is 0 Å². The van der Waals surface area contributed by atoms with Gasteiger partial charge in [-0.1, -0.05) is 6.92 Å². The van der Waals surface area contributed by atoms with Crippen LogP contribution in [-0.4, -0.2) is 84.8 Å². The highest BCUT2D eigenvalue weighted by atomic mass is 127. The van der Waals surface area contributed by atoms with Crippen LogP contribution in [0.5, 0.6) is 0 Å². The van der Waals surface area contributed by atoms with Crippen molar-refractivity contribution in [2.45, 2.75) is 6.92 Å². The molecule has 2 aromatic rings. The molecule has 1 aromatic heterocycles. The summed E-state index contributed by atoms with van der Waals surface area (Å²) < 4.78 is 1.14. The topological polar surface area (TPSA) is 55.8 Å². The summed E-state index contributed by atoms with van der Waals surface area (Å²) in [7, 11) is 0. The minimum absolute atomic E-state index is 0.105. The van der Waals surface area contributed by atoms with E-state index >= 15 is 0 Å². The normalized spacial score (nSPS) is 18.2. The lowest BCUT2D eigenvalue weighted by Crippen LogP contribution is -2.49. The third-order valence-electron chi connectivity index (χ3n) is 5.76. The average Bonchev–Trinajstić information content (AvgIpc) is 2.79. The van der Waals surface area contributed by atoms with Gasteiger partial charge in [0.15, 0.2) is 11.6 Å². The van der Waals surface area contributed by atoms with Crippen LogP contribution in [0.1, 0.15) is 17.3 Å². The summed E-state index contributed by atoms with van der Waals surface area (Å²) in [5.74, 6) is 1.95. The van der Waals surface area contributed by atoms with Crippen LogP contribution >= 0.6 is 22.6 Å². The van der Waals surface area contributed by atoms with Gasteiger partial charge in [0.2, 0.25) is 0 Å². The molecule has 8 heteroatoms. The highest BCUT2D eigenvalue weighted by Gasteiger charge is 2.23. The number of nitrogens with zero attached hydrogens (tertiary/aromatic N) is 6. The second-order valence-electron chi connectivity index (χ2n) is 7.46.